The molecule has 0 aromatic heterocycles. The van der Waals surface area contributed by atoms with Crippen molar-refractivity contribution in [2.24, 2.45) is 11.7 Å². The highest BCUT2D eigenvalue weighted by molar-refractivity contribution is 5.92. The third-order valence-corrected chi connectivity index (χ3v) is 8.38. The van der Waals surface area contributed by atoms with Crippen LogP contribution >= 0.6 is 0 Å². The molecule has 5 atom stereocenters. The highest BCUT2D eigenvalue weighted by Crippen LogP contribution is 2.25. The predicted molar refractivity (Wildman–Crippen MR) is 168 cm³/mol. The van der Waals surface area contributed by atoms with Crippen molar-refractivity contribution >= 4 is 17.7 Å². The van der Waals surface area contributed by atoms with Crippen LogP contribution in [-0.4, -0.2) is 124 Å². The lowest BCUT2D eigenvalue weighted by Crippen LogP contribution is -2.59. The lowest BCUT2D eigenvalue weighted by atomic mass is 9.96. The second-order valence-electron chi connectivity index (χ2n) is 12.8. The van der Waals surface area contributed by atoms with E-state index in [9.17, 15) is 30.0 Å². The van der Waals surface area contributed by atoms with Gasteiger partial charge in [0.05, 0.1) is 6.61 Å². The Morgan fingerprint density at radius 1 is 1.07 bits per heavy atom. The molecule has 1 aromatic rings. The van der Waals surface area contributed by atoms with E-state index in [1.807, 2.05) is 45.2 Å². The number of carbonyl (C=O) groups is 2. The Balaban J connectivity index is 1.55. The van der Waals surface area contributed by atoms with Gasteiger partial charge in [0.25, 0.3) is 0 Å². The first-order valence-corrected chi connectivity index (χ1v) is 15.6. The number of aryl methyl sites for hydroxylation is 1. The van der Waals surface area contributed by atoms with E-state index in [0.29, 0.717) is 37.2 Å². The zero-order valence-corrected chi connectivity index (χ0v) is 27.0. The van der Waals surface area contributed by atoms with Gasteiger partial charge < -0.3 is 50.8 Å². The minimum Gasteiger partial charge on any atom is -0.445 e. The molecule has 0 radical (unpaired) electrons. The van der Waals surface area contributed by atoms with Crippen molar-refractivity contribution in [1.82, 2.24) is 15.1 Å². The van der Waals surface area contributed by atoms with Gasteiger partial charge in [-0.15, -0.1) is 0 Å². The van der Waals surface area contributed by atoms with Gasteiger partial charge in [0, 0.05) is 50.3 Å². The molecule has 2 aliphatic rings. The van der Waals surface area contributed by atoms with Gasteiger partial charge in [-0.2, -0.15) is 0 Å². The van der Waals surface area contributed by atoms with Crippen LogP contribution in [0.4, 0.5) is 0 Å². The van der Waals surface area contributed by atoms with Crippen LogP contribution in [0.1, 0.15) is 51.7 Å². The molecule has 2 fully saturated rings. The van der Waals surface area contributed by atoms with Crippen LogP contribution in [0.3, 0.4) is 0 Å². The zero-order chi connectivity index (χ0) is 33.5. The Kier molecular flexibility index (Phi) is 12.9. The smallest absolute Gasteiger partial charge is 0.247 e. The first kappa shape index (κ1) is 36.4. The Morgan fingerprint density at radius 3 is 2.24 bits per heavy atom. The van der Waals surface area contributed by atoms with Crippen LogP contribution in [0.5, 0.6) is 0 Å². The second kappa shape index (κ2) is 16.0. The van der Waals surface area contributed by atoms with E-state index in [0.717, 1.165) is 24.2 Å². The quantitative estimate of drug-likeness (QED) is 0.120. The molecule has 3 rings (SSSR count). The topological polar surface area (TPSA) is 202 Å². The average molecular weight is 634 g/mol. The summed E-state index contributed by atoms with van der Waals surface area (Å²) in [6.07, 6.45) is -5.66. The maximum Gasteiger partial charge on any atom is 0.247 e. The van der Waals surface area contributed by atoms with Crippen LogP contribution in [-0.2, 0) is 31.9 Å². The number of likely N-dealkylation sites (N-methyl/N-ethyl adjacent to an activating group) is 1. The number of nitrogens with one attached hydrogen (secondary N) is 2. The SMILES string of the molecule is CC(C)/C(N)=C(\Cc1ccc(CCCC(=O)NC(C)(C)C(=O)N2CCN(C)CC2)cc1)C(=N)O[C@@H]1OC(CO)[C@H](O)[C@H](O)[C@H]1O. The summed E-state index contributed by atoms with van der Waals surface area (Å²) in [4.78, 5) is 29.6. The molecule has 8 N–H and O–H groups in total. The van der Waals surface area contributed by atoms with Crippen LogP contribution in [0.15, 0.2) is 35.5 Å². The van der Waals surface area contributed by atoms with Gasteiger partial charge in [-0.1, -0.05) is 38.1 Å². The van der Waals surface area contributed by atoms with Crippen LogP contribution in [0.2, 0.25) is 0 Å². The van der Waals surface area contributed by atoms with Gasteiger partial charge >= 0.3 is 0 Å². The number of hydrogen-bond acceptors (Lipinski definition) is 11. The minimum absolute atomic E-state index is 0.0715. The van der Waals surface area contributed by atoms with Crippen molar-refractivity contribution < 1.29 is 39.5 Å². The molecule has 0 bridgehead atoms. The summed E-state index contributed by atoms with van der Waals surface area (Å²) in [6, 6.07) is 7.70. The first-order chi connectivity index (χ1) is 21.1. The number of aliphatic hydroxyl groups excluding tert-OH is 4. The maximum atomic E-state index is 13.0. The van der Waals surface area contributed by atoms with Crippen molar-refractivity contribution in [3.63, 3.8) is 0 Å². The van der Waals surface area contributed by atoms with E-state index in [2.05, 4.69) is 10.2 Å². The number of amides is 2. The molecule has 1 aromatic carbocycles. The van der Waals surface area contributed by atoms with E-state index >= 15 is 0 Å². The summed E-state index contributed by atoms with van der Waals surface area (Å²) in [5, 5.41) is 51.4. The molecular formula is C32H51N5O8. The molecule has 0 aliphatic carbocycles. The fraction of sp³-hybridized carbons (Fsp3) is 0.656. The Morgan fingerprint density at radius 2 is 1.67 bits per heavy atom. The van der Waals surface area contributed by atoms with Crippen molar-refractivity contribution in [2.75, 3.05) is 39.8 Å². The predicted octanol–water partition coefficient (Wildman–Crippen LogP) is -0.117. The molecule has 13 nitrogen and oxygen atoms in total. The number of carbonyl (C=O) groups excluding carboxylic acids is 2. The highest BCUT2D eigenvalue weighted by Gasteiger charge is 2.45. The van der Waals surface area contributed by atoms with E-state index in [1.54, 1.807) is 18.7 Å². The summed E-state index contributed by atoms with van der Waals surface area (Å²) in [5.41, 5.74) is 8.03. The van der Waals surface area contributed by atoms with Crippen LogP contribution in [0, 0.1) is 11.3 Å². The van der Waals surface area contributed by atoms with Crippen molar-refractivity contribution in [2.45, 2.75) is 89.6 Å². The van der Waals surface area contributed by atoms with E-state index < -0.39 is 42.9 Å². The average Bonchev–Trinajstić information content (AvgIpc) is 3.00. The molecule has 2 amide bonds. The van der Waals surface area contributed by atoms with Gasteiger partial charge in [-0.3, -0.25) is 15.0 Å². The summed E-state index contributed by atoms with van der Waals surface area (Å²) in [7, 11) is 2.03. The largest absolute Gasteiger partial charge is 0.445 e. The Bertz CT molecular complexity index is 1190. The number of aliphatic hydroxyl groups is 4. The zero-order valence-electron chi connectivity index (χ0n) is 27.0. The first-order valence-electron chi connectivity index (χ1n) is 15.6. The highest BCUT2D eigenvalue weighted by atomic mass is 16.7. The molecule has 0 saturated carbocycles. The van der Waals surface area contributed by atoms with E-state index in [-0.39, 0.29) is 36.5 Å². The molecule has 2 heterocycles. The molecule has 252 valence electrons. The molecule has 13 heteroatoms. The Labute approximate surface area is 265 Å². The van der Waals surface area contributed by atoms with Gasteiger partial charge in [-0.25, -0.2) is 0 Å². The number of piperazine rings is 1. The standard InChI is InChI=1S/C32H51N5O8/c1-19(2)25(33)22(29(34)45-30-28(42)27(41)26(40)23(18-38)44-30)17-21-11-9-20(10-12-21)7-6-8-24(39)35-32(3,4)31(43)37-15-13-36(5)14-16-37/h9-12,19,23,26-28,30,34,38,40-42H,6-8,13-18,33H2,1-5H3,(H,35,39)/b25-22-,34-29?/t23?,26-,27-,28+,30-/m0/s1. The van der Waals surface area contributed by atoms with E-state index in [1.165, 1.54) is 0 Å². The lowest BCUT2D eigenvalue weighted by Gasteiger charge is -2.39. The molecule has 2 aliphatic heterocycles. The molecule has 2 saturated heterocycles. The van der Waals surface area contributed by atoms with Gasteiger partial charge in [0.1, 0.15) is 30.0 Å². The van der Waals surface area contributed by atoms with Crippen molar-refractivity contribution in [3.05, 3.63) is 46.7 Å². The molecule has 1 unspecified atom stereocenters. The maximum absolute atomic E-state index is 13.0. The summed E-state index contributed by atoms with van der Waals surface area (Å²) >= 11 is 0. The normalized spacial score (nSPS) is 25.1. The van der Waals surface area contributed by atoms with Gasteiger partial charge in [-0.05, 0) is 50.8 Å². The lowest BCUT2D eigenvalue weighted by molar-refractivity contribution is -0.281. The number of benzene rings is 1. The number of ether oxygens (including phenoxy) is 2. The number of nitrogens with two attached hydrogens (primary N) is 1. The second-order valence-corrected chi connectivity index (χ2v) is 12.8. The number of rotatable bonds is 12. The third kappa shape index (κ3) is 9.71. The van der Waals surface area contributed by atoms with Gasteiger partial charge in [0.15, 0.2) is 0 Å². The summed E-state index contributed by atoms with van der Waals surface area (Å²) < 4.78 is 11.0. The van der Waals surface area contributed by atoms with Crippen molar-refractivity contribution in [3.8, 4) is 0 Å². The minimum atomic E-state index is -1.64. The van der Waals surface area contributed by atoms with Crippen LogP contribution in [0.25, 0.3) is 0 Å². The van der Waals surface area contributed by atoms with E-state index in [4.69, 9.17) is 20.6 Å². The Hall–Kier alpha value is -3.07. The summed E-state index contributed by atoms with van der Waals surface area (Å²) in [6.45, 7) is 9.56. The monoisotopic (exact) mass is 633 g/mol. The number of hydrogen-bond donors (Lipinski definition) is 7. The fourth-order valence-corrected chi connectivity index (χ4v) is 5.36. The summed E-state index contributed by atoms with van der Waals surface area (Å²) in [5.74, 6) is -0.714. The number of allylic oxidation sites excluding steroid dienone is 1. The molecule has 0 spiro atoms. The van der Waals surface area contributed by atoms with Gasteiger partial charge in [0.2, 0.25) is 24.0 Å². The number of nitrogens with zero attached hydrogens (tertiary/aromatic N) is 2. The molecule has 45 heavy (non-hydrogen) atoms. The fourth-order valence-electron chi connectivity index (χ4n) is 5.36. The molecular weight excluding hydrogens is 582 g/mol. The van der Waals surface area contributed by atoms with Crippen molar-refractivity contribution in [1.29, 1.82) is 5.41 Å². The third-order valence-electron chi connectivity index (χ3n) is 8.38. The van der Waals surface area contributed by atoms with Crippen LogP contribution < -0.4 is 11.1 Å².